The van der Waals surface area contributed by atoms with Gasteiger partial charge in [0.15, 0.2) is 0 Å². The minimum absolute atomic E-state index is 0.129. The van der Waals surface area contributed by atoms with Crippen LogP contribution in [0.15, 0.2) is 24.3 Å². The lowest BCUT2D eigenvalue weighted by molar-refractivity contribution is -0.137. The zero-order valence-electron chi connectivity index (χ0n) is 13.4. The molecule has 0 aromatic heterocycles. The molecule has 0 N–H and O–H groups in total. The Morgan fingerprint density at radius 2 is 1.79 bits per heavy atom. The molecule has 1 aromatic rings. The van der Waals surface area contributed by atoms with Crippen LogP contribution in [-0.2, 0) is 17.5 Å². The van der Waals surface area contributed by atoms with Crippen molar-refractivity contribution >= 4 is 17.7 Å². The van der Waals surface area contributed by atoms with E-state index in [4.69, 9.17) is 0 Å². The van der Waals surface area contributed by atoms with Gasteiger partial charge < -0.3 is 4.90 Å². The Bertz CT molecular complexity index is 570. The molecule has 1 amide bonds. The highest BCUT2D eigenvalue weighted by Gasteiger charge is 2.34. The standard InChI is InChI=1S/C17H21F3N2OS/c18-17(19,20)14-5-3-13(4-6-14)12-22-7-1-2-15(22)16(23)21-8-10-24-11-9-21/h3-6,15H,1-2,7-12H2. The minimum atomic E-state index is -4.31. The van der Waals surface area contributed by atoms with Gasteiger partial charge in [0.25, 0.3) is 0 Å². The molecule has 2 heterocycles. The summed E-state index contributed by atoms with van der Waals surface area (Å²) >= 11 is 1.87. The first-order valence-electron chi connectivity index (χ1n) is 8.22. The smallest absolute Gasteiger partial charge is 0.340 e. The fourth-order valence-corrected chi connectivity index (χ4v) is 4.23. The molecule has 132 valence electrons. The van der Waals surface area contributed by atoms with E-state index < -0.39 is 11.7 Å². The molecule has 0 bridgehead atoms. The molecule has 24 heavy (non-hydrogen) atoms. The van der Waals surface area contributed by atoms with Crippen molar-refractivity contribution in [3.63, 3.8) is 0 Å². The lowest BCUT2D eigenvalue weighted by Gasteiger charge is -2.32. The number of thioether (sulfide) groups is 1. The summed E-state index contributed by atoms with van der Waals surface area (Å²) in [7, 11) is 0. The van der Waals surface area contributed by atoms with Gasteiger partial charge in [0.05, 0.1) is 11.6 Å². The number of likely N-dealkylation sites (tertiary alicyclic amines) is 1. The highest BCUT2D eigenvalue weighted by molar-refractivity contribution is 7.99. The van der Waals surface area contributed by atoms with Crippen LogP contribution < -0.4 is 0 Å². The van der Waals surface area contributed by atoms with Crippen LogP contribution in [0.3, 0.4) is 0 Å². The van der Waals surface area contributed by atoms with E-state index >= 15 is 0 Å². The van der Waals surface area contributed by atoms with Crippen molar-refractivity contribution in [2.75, 3.05) is 31.1 Å². The normalized spacial score (nSPS) is 22.8. The largest absolute Gasteiger partial charge is 0.416 e. The summed E-state index contributed by atoms with van der Waals surface area (Å²) in [6.45, 7) is 2.94. The summed E-state index contributed by atoms with van der Waals surface area (Å²) in [4.78, 5) is 16.8. The summed E-state index contributed by atoms with van der Waals surface area (Å²) in [5.41, 5.74) is 0.183. The van der Waals surface area contributed by atoms with E-state index in [0.717, 1.165) is 61.7 Å². The van der Waals surface area contributed by atoms with Gasteiger partial charge in [-0.25, -0.2) is 0 Å². The fraction of sp³-hybridized carbons (Fsp3) is 0.588. The Balaban J connectivity index is 1.64. The van der Waals surface area contributed by atoms with Crippen LogP contribution in [0.25, 0.3) is 0 Å². The number of carbonyl (C=O) groups excluding carboxylic acids is 1. The van der Waals surface area contributed by atoms with Gasteiger partial charge in [0.1, 0.15) is 0 Å². The lowest BCUT2D eigenvalue weighted by Crippen LogP contribution is -2.48. The van der Waals surface area contributed by atoms with Crippen molar-refractivity contribution in [3.05, 3.63) is 35.4 Å². The third kappa shape index (κ3) is 4.06. The Morgan fingerprint density at radius 3 is 2.42 bits per heavy atom. The van der Waals surface area contributed by atoms with Crippen LogP contribution in [0, 0.1) is 0 Å². The molecular weight excluding hydrogens is 337 g/mol. The average molecular weight is 358 g/mol. The molecule has 7 heteroatoms. The number of amides is 1. The first-order valence-corrected chi connectivity index (χ1v) is 9.37. The molecule has 2 aliphatic heterocycles. The number of nitrogens with zero attached hydrogens (tertiary/aromatic N) is 2. The van der Waals surface area contributed by atoms with E-state index in [0.29, 0.717) is 6.54 Å². The van der Waals surface area contributed by atoms with Gasteiger partial charge in [0, 0.05) is 31.1 Å². The van der Waals surface area contributed by atoms with Gasteiger partial charge in [-0.1, -0.05) is 12.1 Å². The maximum Gasteiger partial charge on any atom is 0.416 e. The molecule has 0 radical (unpaired) electrons. The predicted molar refractivity (Wildman–Crippen MR) is 88.8 cm³/mol. The van der Waals surface area contributed by atoms with Crippen LogP contribution in [0.2, 0.25) is 0 Å². The Morgan fingerprint density at radius 1 is 1.12 bits per heavy atom. The van der Waals surface area contributed by atoms with Crippen molar-refractivity contribution in [3.8, 4) is 0 Å². The molecule has 1 unspecified atom stereocenters. The molecule has 1 aromatic carbocycles. The summed E-state index contributed by atoms with van der Waals surface area (Å²) in [6, 6.07) is 5.13. The van der Waals surface area contributed by atoms with Gasteiger partial charge >= 0.3 is 6.18 Å². The summed E-state index contributed by atoms with van der Waals surface area (Å²) in [6.07, 6.45) is -2.51. The van der Waals surface area contributed by atoms with Gasteiger partial charge in [-0.05, 0) is 37.1 Å². The van der Waals surface area contributed by atoms with Crippen molar-refractivity contribution in [1.29, 1.82) is 0 Å². The van der Waals surface area contributed by atoms with Gasteiger partial charge in [-0.15, -0.1) is 0 Å². The van der Waals surface area contributed by atoms with Crippen molar-refractivity contribution in [1.82, 2.24) is 9.80 Å². The zero-order chi connectivity index (χ0) is 17.2. The highest BCUT2D eigenvalue weighted by Crippen LogP contribution is 2.30. The van der Waals surface area contributed by atoms with E-state index in [-0.39, 0.29) is 11.9 Å². The Labute approximate surface area is 144 Å². The molecule has 0 spiro atoms. The maximum atomic E-state index is 12.7. The SMILES string of the molecule is O=C(C1CCCN1Cc1ccc(C(F)(F)F)cc1)N1CCSCC1. The van der Waals surface area contributed by atoms with Crippen LogP contribution in [0.5, 0.6) is 0 Å². The van der Waals surface area contributed by atoms with E-state index in [2.05, 4.69) is 4.90 Å². The minimum Gasteiger partial charge on any atom is -0.340 e. The van der Waals surface area contributed by atoms with Gasteiger partial charge in [-0.2, -0.15) is 24.9 Å². The molecule has 3 nitrogen and oxygen atoms in total. The van der Waals surface area contributed by atoms with Crippen LogP contribution in [-0.4, -0.2) is 52.9 Å². The van der Waals surface area contributed by atoms with Gasteiger partial charge in [-0.3, -0.25) is 9.69 Å². The van der Waals surface area contributed by atoms with Crippen molar-refractivity contribution in [2.45, 2.75) is 31.6 Å². The summed E-state index contributed by atoms with van der Waals surface area (Å²) in [5.74, 6) is 2.15. The number of hydrogen-bond acceptors (Lipinski definition) is 3. The molecule has 2 saturated heterocycles. The topological polar surface area (TPSA) is 23.6 Å². The fourth-order valence-electron chi connectivity index (χ4n) is 3.32. The van der Waals surface area contributed by atoms with Crippen molar-refractivity contribution < 1.29 is 18.0 Å². The Hall–Kier alpha value is -1.21. The second-order valence-electron chi connectivity index (χ2n) is 6.26. The molecule has 2 aliphatic rings. The van der Waals surface area contributed by atoms with E-state index in [1.807, 2.05) is 16.7 Å². The van der Waals surface area contributed by atoms with Gasteiger partial charge in [0.2, 0.25) is 5.91 Å². The van der Waals surface area contributed by atoms with Crippen LogP contribution in [0.1, 0.15) is 24.0 Å². The van der Waals surface area contributed by atoms with E-state index in [1.165, 1.54) is 12.1 Å². The molecular formula is C17H21F3N2OS. The summed E-state index contributed by atoms with van der Waals surface area (Å²) in [5, 5.41) is 0. The molecule has 3 rings (SSSR count). The van der Waals surface area contributed by atoms with Crippen molar-refractivity contribution in [2.24, 2.45) is 0 Å². The van der Waals surface area contributed by atoms with E-state index in [1.54, 1.807) is 0 Å². The molecule has 0 aliphatic carbocycles. The monoisotopic (exact) mass is 358 g/mol. The third-order valence-corrected chi connectivity index (χ3v) is 5.58. The second kappa shape index (κ2) is 7.35. The quantitative estimate of drug-likeness (QED) is 0.829. The molecule has 2 fully saturated rings. The number of benzene rings is 1. The molecule has 1 atom stereocenters. The highest BCUT2D eigenvalue weighted by atomic mass is 32.2. The van der Waals surface area contributed by atoms with Crippen LogP contribution in [0.4, 0.5) is 13.2 Å². The zero-order valence-corrected chi connectivity index (χ0v) is 14.2. The second-order valence-corrected chi connectivity index (χ2v) is 7.49. The predicted octanol–water partition coefficient (Wildman–Crippen LogP) is 3.25. The number of alkyl halides is 3. The number of hydrogen-bond donors (Lipinski definition) is 0. The Kier molecular flexibility index (Phi) is 5.39. The average Bonchev–Trinajstić information content (AvgIpc) is 3.03. The number of carbonyl (C=O) groups is 1. The number of rotatable bonds is 3. The van der Waals surface area contributed by atoms with Crippen LogP contribution >= 0.6 is 11.8 Å². The summed E-state index contributed by atoms with van der Waals surface area (Å²) < 4.78 is 37.9. The number of halogens is 3. The first kappa shape index (κ1) is 17.6. The van der Waals surface area contributed by atoms with E-state index in [9.17, 15) is 18.0 Å². The first-order chi connectivity index (χ1) is 11.4. The third-order valence-electron chi connectivity index (χ3n) is 4.64. The lowest BCUT2D eigenvalue weighted by atomic mass is 10.1. The maximum absolute atomic E-state index is 12.7. The molecule has 0 saturated carbocycles.